The number of benzene rings is 3. The first-order valence-corrected chi connectivity index (χ1v) is 18.8. The number of alkyl halides is 9. The van der Waals surface area contributed by atoms with Crippen LogP contribution in [0.2, 0.25) is 0 Å². The molecule has 0 N–H and O–H groups in total. The Morgan fingerprint density at radius 2 is 1.19 bits per heavy atom. The van der Waals surface area contributed by atoms with Crippen molar-refractivity contribution in [3.63, 3.8) is 0 Å². The summed E-state index contributed by atoms with van der Waals surface area (Å²) in [5.74, 6) is 0. The Morgan fingerprint density at radius 1 is 0.738 bits per heavy atom. The standard InChI is InChI=1S/C10H13.C9H4F6O.C7H7.CHF3O3S.Sb/c1-10(2,3)9-7-5-4-6-8-9;10-8(11,12)7(16,9(13,14)15)6-4-2-1-3-5-6;1-7-5-3-2-4-6-7;2-1(3,4)8(5,6)7;/h5-8H,1-3H3;1-4H;2-6H,1H2;(H,5,6,7);/q;-1;;;+2/p-1. The average Bonchev–Trinajstić information content (AvgIpc) is 3.16. The maximum atomic E-state index is 14.4. The molecule has 0 radical (unpaired) electrons. The van der Waals surface area contributed by atoms with Crippen molar-refractivity contribution in [3.05, 3.63) is 95.6 Å². The van der Waals surface area contributed by atoms with Crippen molar-refractivity contribution in [1.82, 2.24) is 0 Å². The molecule has 0 aromatic heterocycles. The fourth-order valence-corrected chi connectivity index (χ4v) is 15.8. The smallest absolute Gasteiger partial charge is 0.485 e. The van der Waals surface area contributed by atoms with E-state index in [1.165, 1.54) is 18.2 Å². The molecule has 42 heavy (non-hydrogen) atoms. The van der Waals surface area contributed by atoms with Crippen molar-refractivity contribution in [2.75, 3.05) is 0 Å². The predicted octanol–water partition coefficient (Wildman–Crippen LogP) is 6.23. The molecule has 0 saturated carbocycles. The van der Waals surface area contributed by atoms with Crippen LogP contribution in [0.1, 0.15) is 37.5 Å². The second-order valence-electron chi connectivity index (χ2n) is 10.4. The number of hydrogen-bond acceptors (Lipinski definition) is 4. The van der Waals surface area contributed by atoms with Crippen LogP contribution in [0.4, 0.5) is 39.5 Å². The van der Waals surface area contributed by atoms with Gasteiger partial charge in [-0.25, -0.2) is 8.42 Å². The quantitative estimate of drug-likeness (QED) is 0.139. The van der Waals surface area contributed by atoms with Crippen LogP contribution in [-0.2, 0) is 28.5 Å². The van der Waals surface area contributed by atoms with Crippen molar-refractivity contribution >= 4 is 36.4 Å². The van der Waals surface area contributed by atoms with Gasteiger partial charge in [-0.2, -0.15) is 13.2 Å². The van der Waals surface area contributed by atoms with Crippen LogP contribution in [-0.4, -0.2) is 50.1 Å². The molecule has 0 bridgehead atoms. The first-order chi connectivity index (χ1) is 19.0. The van der Waals surface area contributed by atoms with E-state index in [4.69, 9.17) is 16.0 Å². The molecule has 3 aromatic rings. The van der Waals surface area contributed by atoms with E-state index in [0.29, 0.717) is 9.07 Å². The fraction of sp³-hybridized carbons (Fsp3) is 0.333. The van der Waals surface area contributed by atoms with Crippen molar-refractivity contribution < 1.29 is 55.5 Å². The summed E-state index contributed by atoms with van der Waals surface area (Å²) in [6.45, 7) is 5.97. The summed E-state index contributed by atoms with van der Waals surface area (Å²) in [6.07, 6.45) is -11.4. The zero-order chi connectivity index (χ0) is 32.0. The van der Waals surface area contributed by atoms with E-state index < -0.39 is 58.4 Å². The number of rotatable bonds is 3. The molecule has 230 valence electrons. The second-order valence-corrected chi connectivity index (χ2v) is 20.2. The van der Waals surface area contributed by atoms with Crippen molar-refractivity contribution in [3.8, 4) is 0 Å². The Bertz CT molecular complexity index is 1480. The van der Waals surface area contributed by atoms with Gasteiger partial charge in [-0.15, -0.1) is 0 Å². The van der Waals surface area contributed by atoms with Crippen LogP contribution in [0.25, 0.3) is 0 Å². The van der Waals surface area contributed by atoms with Gasteiger partial charge in [-0.05, 0) is 0 Å². The van der Waals surface area contributed by atoms with Crippen LogP contribution >= 0.6 is 0 Å². The molecule has 1 atom stereocenters. The van der Waals surface area contributed by atoms with Gasteiger partial charge in [-0.1, -0.05) is 0 Å². The maximum absolute atomic E-state index is 14.4. The first kappa shape index (κ1) is 34.2. The Balaban J connectivity index is 0.000000531. The van der Waals surface area contributed by atoms with Crippen LogP contribution < -0.4 is 7.02 Å². The van der Waals surface area contributed by atoms with E-state index in [0.717, 1.165) is 11.6 Å². The van der Waals surface area contributed by atoms with Gasteiger partial charge in [-0.3, -0.25) is 0 Å². The maximum Gasteiger partial charge on any atom is 0.485 e. The number of halogens is 9. The third-order valence-electron chi connectivity index (χ3n) is 6.45. The normalized spacial score (nSPS) is 19.1. The van der Waals surface area contributed by atoms with E-state index in [-0.39, 0.29) is 13.3 Å². The van der Waals surface area contributed by atoms with Crippen molar-refractivity contribution in [2.45, 2.75) is 54.0 Å². The molecule has 15 heteroatoms. The Kier molecular flexibility index (Phi) is 9.23. The molecule has 3 aromatic carbocycles. The molecule has 1 aliphatic rings. The van der Waals surface area contributed by atoms with E-state index in [1.54, 1.807) is 54.6 Å². The molecule has 0 aliphatic carbocycles. The molecule has 1 heterocycles. The van der Waals surface area contributed by atoms with Crippen molar-refractivity contribution in [2.24, 2.45) is 0 Å². The molecule has 0 amide bonds. The summed E-state index contributed by atoms with van der Waals surface area (Å²) in [6, 6.07) is 20.5. The largest absolute Gasteiger partial charge is 0.741 e. The van der Waals surface area contributed by atoms with Crippen LogP contribution in [0, 0.1) is 0 Å². The molecular weight excluding hydrogens is 713 g/mol. The van der Waals surface area contributed by atoms with Gasteiger partial charge >= 0.3 is 205 Å². The van der Waals surface area contributed by atoms with E-state index in [2.05, 4.69) is 0 Å². The predicted molar refractivity (Wildman–Crippen MR) is 137 cm³/mol. The Labute approximate surface area is 240 Å². The fourth-order valence-electron chi connectivity index (χ4n) is 4.43. The summed E-state index contributed by atoms with van der Waals surface area (Å²) in [5.41, 5.74) is -9.50. The summed E-state index contributed by atoms with van der Waals surface area (Å²) in [5, 5.41) is 0. The van der Waals surface area contributed by atoms with Gasteiger partial charge in [0.2, 0.25) is 0 Å². The summed E-state index contributed by atoms with van der Waals surface area (Å²) >= 11 is -4.95. The van der Waals surface area contributed by atoms with Crippen LogP contribution in [0.15, 0.2) is 78.9 Å². The zero-order valence-corrected chi connectivity index (χ0v) is 25.5. The van der Waals surface area contributed by atoms with E-state index in [9.17, 15) is 39.5 Å². The summed E-state index contributed by atoms with van der Waals surface area (Å²) in [7, 11) is -6.09. The van der Waals surface area contributed by atoms with Gasteiger partial charge in [0.05, 0.1) is 0 Å². The third-order valence-corrected chi connectivity index (χ3v) is 17.6. The van der Waals surface area contributed by atoms with E-state index in [1.807, 2.05) is 20.8 Å². The Hall–Kier alpha value is -2.28. The minimum atomic E-state index is -6.09. The van der Waals surface area contributed by atoms with Gasteiger partial charge < -0.3 is 4.55 Å². The first-order valence-electron chi connectivity index (χ1n) is 12.0. The SMILES string of the molecule is CC(C)(C)c1cc[c]([Sb+]2([CH2]c3ccccc3)[O]C(C(F)(F)F)(C(F)(F)F)c3cccc[c]32)cc1.O=S(=O)([O-])C(F)(F)F. The summed E-state index contributed by atoms with van der Waals surface area (Å²) < 4.78 is 151. The molecule has 4 nitrogen and oxygen atoms in total. The Morgan fingerprint density at radius 3 is 1.62 bits per heavy atom. The molecule has 0 saturated heterocycles. The third kappa shape index (κ3) is 6.46. The van der Waals surface area contributed by atoms with Gasteiger partial charge in [0.25, 0.3) is 0 Å². The molecular formula is C27H24F9O4SSb. The van der Waals surface area contributed by atoms with Gasteiger partial charge in [0.15, 0.2) is 10.1 Å². The zero-order valence-electron chi connectivity index (χ0n) is 22.1. The van der Waals surface area contributed by atoms with Crippen LogP contribution in [0.5, 0.6) is 0 Å². The molecule has 4 rings (SSSR count). The topological polar surface area (TPSA) is 66.4 Å². The molecule has 0 fully saturated rings. The minimum Gasteiger partial charge on any atom is -0.741 e. The minimum absolute atomic E-state index is 0.000766. The number of fused-ring (bicyclic) bond motifs is 1. The molecule has 1 unspecified atom stereocenters. The molecule has 0 spiro atoms. The monoisotopic (exact) mass is 736 g/mol. The van der Waals surface area contributed by atoms with Gasteiger partial charge in [0.1, 0.15) is 0 Å². The number of hydrogen-bond donors (Lipinski definition) is 0. The van der Waals surface area contributed by atoms with Gasteiger partial charge in [0, 0.05) is 0 Å². The average molecular weight is 737 g/mol. The summed E-state index contributed by atoms with van der Waals surface area (Å²) in [4.78, 5) is 0. The van der Waals surface area contributed by atoms with Crippen molar-refractivity contribution in [1.29, 1.82) is 0 Å². The molecule has 1 aliphatic heterocycles. The van der Waals surface area contributed by atoms with E-state index >= 15 is 0 Å². The van der Waals surface area contributed by atoms with Crippen LogP contribution in [0.3, 0.4) is 0 Å². The second kappa shape index (κ2) is 11.3.